The van der Waals surface area contributed by atoms with Crippen LogP contribution in [0.15, 0.2) is 12.5 Å². The Morgan fingerprint density at radius 3 is 3.12 bits per heavy atom. The van der Waals surface area contributed by atoms with Crippen molar-refractivity contribution in [3.05, 3.63) is 12.5 Å². The maximum Gasteiger partial charge on any atom is 0.163 e. The number of rotatable bonds is 1. The molecule has 0 bridgehead atoms. The van der Waals surface area contributed by atoms with E-state index < -0.39 is 0 Å². The van der Waals surface area contributed by atoms with Gasteiger partial charge in [0, 0.05) is 13.6 Å². The van der Waals surface area contributed by atoms with Crippen LogP contribution in [0, 0.1) is 0 Å². The van der Waals surface area contributed by atoms with Crippen LogP contribution < -0.4 is 4.90 Å². The smallest absolute Gasteiger partial charge is 0.163 e. The largest absolute Gasteiger partial charge is 0.377 e. The quantitative estimate of drug-likeness (QED) is 0.721. The number of morpholine rings is 1. The monoisotopic (exact) mass is 233 g/mol. The molecule has 17 heavy (non-hydrogen) atoms. The molecule has 2 aromatic heterocycles. The van der Waals surface area contributed by atoms with Gasteiger partial charge in [-0.1, -0.05) is 0 Å². The lowest BCUT2D eigenvalue weighted by Gasteiger charge is -2.34. The molecule has 6 heteroatoms. The van der Waals surface area contributed by atoms with Gasteiger partial charge in [0.1, 0.15) is 12.1 Å². The molecule has 0 amide bonds. The normalized spacial score (nSPS) is 21.1. The second kappa shape index (κ2) is 3.96. The summed E-state index contributed by atoms with van der Waals surface area (Å²) >= 11 is 0. The summed E-state index contributed by atoms with van der Waals surface area (Å²) < 4.78 is 7.21. The van der Waals surface area contributed by atoms with Crippen LogP contribution in [0.4, 0.5) is 5.82 Å². The molecule has 0 spiro atoms. The average Bonchev–Trinajstić information content (AvgIpc) is 2.72. The molecule has 1 aliphatic heterocycles. The summed E-state index contributed by atoms with van der Waals surface area (Å²) in [6.45, 7) is 4.49. The van der Waals surface area contributed by atoms with E-state index in [4.69, 9.17) is 4.74 Å². The van der Waals surface area contributed by atoms with Gasteiger partial charge in [-0.3, -0.25) is 4.68 Å². The van der Waals surface area contributed by atoms with Gasteiger partial charge >= 0.3 is 0 Å². The molecule has 1 aliphatic rings. The minimum atomic E-state index is 0.335. The van der Waals surface area contributed by atoms with Crippen molar-refractivity contribution in [3.8, 4) is 0 Å². The number of ether oxygens (including phenoxy) is 1. The second-order valence-electron chi connectivity index (χ2n) is 4.32. The molecule has 3 rings (SSSR count). The lowest BCUT2D eigenvalue weighted by atomic mass is 10.2. The first kappa shape index (κ1) is 10.5. The van der Waals surface area contributed by atoms with Gasteiger partial charge < -0.3 is 9.64 Å². The van der Waals surface area contributed by atoms with Crippen molar-refractivity contribution < 1.29 is 4.74 Å². The summed E-state index contributed by atoms with van der Waals surface area (Å²) in [6, 6.07) is 0.335. The summed E-state index contributed by atoms with van der Waals surface area (Å²) in [5.74, 6) is 0.957. The molecular formula is C11H15N5O. The highest BCUT2D eigenvalue weighted by Crippen LogP contribution is 2.24. The molecule has 0 radical (unpaired) electrons. The minimum absolute atomic E-state index is 0.335. The molecule has 0 aliphatic carbocycles. The van der Waals surface area contributed by atoms with E-state index in [9.17, 15) is 0 Å². The zero-order chi connectivity index (χ0) is 11.8. The number of hydrogen-bond donors (Lipinski definition) is 0. The highest BCUT2D eigenvalue weighted by atomic mass is 16.5. The first-order valence-electron chi connectivity index (χ1n) is 5.74. The predicted molar refractivity (Wildman–Crippen MR) is 63.9 cm³/mol. The Morgan fingerprint density at radius 1 is 1.41 bits per heavy atom. The lowest BCUT2D eigenvalue weighted by Crippen LogP contribution is -2.44. The fraction of sp³-hybridized carbons (Fsp3) is 0.545. The van der Waals surface area contributed by atoms with Gasteiger partial charge in [-0.2, -0.15) is 5.10 Å². The molecule has 1 fully saturated rings. The minimum Gasteiger partial charge on any atom is -0.377 e. The van der Waals surface area contributed by atoms with Crippen LogP contribution in [-0.4, -0.2) is 45.5 Å². The first-order chi connectivity index (χ1) is 8.27. The van der Waals surface area contributed by atoms with E-state index in [1.54, 1.807) is 11.0 Å². The number of fused-ring (bicyclic) bond motifs is 1. The van der Waals surface area contributed by atoms with Crippen LogP contribution in [0.3, 0.4) is 0 Å². The molecule has 1 saturated heterocycles. The average molecular weight is 233 g/mol. The molecule has 1 atom stereocenters. The van der Waals surface area contributed by atoms with Crippen LogP contribution in [0.2, 0.25) is 0 Å². The Bertz CT molecular complexity index is 538. The summed E-state index contributed by atoms with van der Waals surface area (Å²) in [5, 5.41) is 5.24. The number of anilines is 1. The Balaban J connectivity index is 2.10. The van der Waals surface area contributed by atoms with Crippen LogP contribution in [0.25, 0.3) is 11.0 Å². The summed E-state index contributed by atoms with van der Waals surface area (Å²) in [4.78, 5) is 10.9. The fourth-order valence-corrected chi connectivity index (χ4v) is 2.22. The summed E-state index contributed by atoms with van der Waals surface area (Å²) in [7, 11) is 1.89. The van der Waals surface area contributed by atoms with Crippen LogP contribution in [0.1, 0.15) is 6.92 Å². The Labute approximate surface area is 99.2 Å². The Hall–Kier alpha value is -1.69. The lowest BCUT2D eigenvalue weighted by molar-refractivity contribution is 0.0987. The molecule has 2 aromatic rings. The van der Waals surface area contributed by atoms with Gasteiger partial charge in [0.25, 0.3) is 0 Å². The summed E-state index contributed by atoms with van der Waals surface area (Å²) in [6.07, 6.45) is 3.42. The van der Waals surface area contributed by atoms with Gasteiger partial charge in [0.05, 0.1) is 30.8 Å². The van der Waals surface area contributed by atoms with Gasteiger partial charge in [-0.15, -0.1) is 0 Å². The van der Waals surface area contributed by atoms with Crippen molar-refractivity contribution in [2.45, 2.75) is 13.0 Å². The van der Waals surface area contributed by atoms with Crippen molar-refractivity contribution in [1.82, 2.24) is 19.7 Å². The predicted octanol–water partition coefficient (Wildman–Crippen LogP) is 0.588. The van der Waals surface area contributed by atoms with E-state index in [0.717, 1.165) is 36.6 Å². The molecule has 6 nitrogen and oxygen atoms in total. The fourth-order valence-electron chi connectivity index (χ4n) is 2.22. The van der Waals surface area contributed by atoms with Gasteiger partial charge in [0.15, 0.2) is 5.65 Å². The third-order valence-electron chi connectivity index (χ3n) is 3.15. The molecule has 90 valence electrons. The molecule has 0 saturated carbocycles. The van der Waals surface area contributed by atoms with E-state index >= 15 is 0 Å². The van der Waals surface area contributed by atoms with Gasteiger partial charge in [-0.25, -0.2) is 9.97 Å². The number of hydrogen-bond acceptors (Lipinski definition) is 5. The van der Waals surface area contributed by atoms with Crippen LogP contribution in [-0.2, 0) is 11.8 Å². The van der Waals surface area contributed by atoms with E-state index in [0.29, 0.717) is 6.04 Å². The van der Waals surface area contributed by atoms with Crippen molar-refractivity contribution in [1.29, 1.82) is 0 Å². The molecule has 0 N–H and O–H groups in total. The Morgan fingerprint density at radius 2 is 2.29 bits per heavy atom. The molecular weight excluding hydrogens is 218 g/mol. The maximum atomic E-state index is 5.44. The van der Waals surface area contributed by atoms with E-state index in [1.807, 2.05) is 13.2 Å². The van der Waals surface area contributed by atoms with E-state index in [1.165, 1.54) is 0 Å². The highest BCUT2D eigenvalue weighted by molar-refractivity contribution is 5.86. The van der Waals surface area contributed by atoms with E-state index in [2.05, 4.69) is 26.9 Å². The van der Waals surface area contributed by atoms with Crippen molar-refractivity contribution in [2.24, 2.45) is 7.05 Å². The number of nitrogens with zero attached hydrogens (tertiary/aromatic N) is 5. The van der Waals surface area contributed by atoms with Gasteiger partial charge in [0.2, 0.25) is 0 Å². The standard InChI is InChI=1S/C11H15N5O/c1-8-6-17-4-3-16(8)11-9-5-14-15(2)10(9)12-7-13-11/h5,7-8H,3-4,6H2,1-2H3. The maximum absolute atomic E-state index is 5.44. The SMILES string of the molecule is CC1COCCN1c1ncnc2c1cnn2C. The highest BCUT2D eigenvalue weighted by Gasteiger charge is 2.22. The van der Waals surface area contributed by atoms with Crippen LogP contribution in [0.5, 0.6) is 0 Å². The topological polar surface area (TPSA) is 56.1 Å². The third-order valence-corrected chi connectivity index (χ3v) is 3.15. The van der Waals surface area contributed by atoms with Crippen molar-refractivity contribution in [3.63, 3.8) is 0 Å². The van der Waals surface area contributed by atoms with Crippen molar-refractivity contribution >= 4 is 16.9 Å². The molecule has 1 unspecified atom stereocenters. The summed E-state index contributed by atoms with van der Waals surface area (Å²) in [5.41, 5.74) is 0.869. The number of aromatic nitrogens is 4. The van der Waals surface area contributed by atoms with Gasteiger partial charge in [-0.05, 0) is 6.92 Å². The van der Waals surface area contributed by atoms with E-state index in [-0.39, 0.29) is 0 Å². The zero-order valence-electron chi connectivity index (χ0n) is 10.00. The third kappa shape index (κ3) is 1.64. The van der Waals surface area contributed by atoms with Crippen molar-refractivity contribution in [2.75, 3.05) is 24.7 Å². The second-order valence-corrected chi connectivity index (χ2v) is 4.32. The van der Waals surface area contributed by atoms with Crippen LogP contribution >= 0.6 is 0 Å². The zero-order valence-corrected chi connectivity index (χ0v) is 10.00. The Kier molecular flexibility index (Phi) is 2.44. The molecule has 0 aromatic carbocycles. The first-order valence-corrected chi connectivity index (χ1v) is 5.74. The number of aryl methyl sites for hydroxylation is 1. The molecule has 3 heterocycles.